The van der Waals surface area contributed by atoms with Gasteiger partial charge in [0.05, 0.1) is 0 Å². The predicted octanol–water partition coefficient (Wildman–Crippen LogP) is 4.12. The van der Waals surface area contributed by atoms with Crippen LogP contribution in [0, 0.1) is 0 Å². The average Bonchev–Trinajstić information content (AvgIpc) is 2.96. The van der Waals surface area contributed by atoms with Gasteiger partial charge in [0, 0.05) is 22.7 Å². The van der Waals surface area contributed by atoms with Crippen LogP contribution in [0.15, 0.2) is 48.8 Å². The summed E-state index contributed by atoms with van der Waals surface area (Å²) < 4.78 is 8.03. The number of halogens is 1. The topological polar surface area (TPSA) is 39.9 Å². The summed E-state index contributed by atoms with van der Waals surface area (Å²) in [6.07, 6.45) is 3.89. The zero-order chi connectivity index (χ0) is 15.6. The number of hydrogen-bond donors (Lipinski definition) is 0. The fourth-order valence-electron chi connectivity index (χ4n) is 2.93. The number of rotatable bonds is 3. The highest BCUT2D eigenvalue weighted by Gasteiger charge is 2.16. The van der Waals surface area contributed by atoms with E-state index >= 15 is 0 Å². The van der Waals surface area contributed by atoms with Gasteiger partial charge in [-0.3, -0.25) is 0 Å². The number of fused-ring (bicyclic) bond motifs is 3. The fraction of sp³-hybridized carbons (Fsp3) is 0.222. The SMILES string of the molecule is Clc1ccccc1COc1ccc2c(c1)CCCn1cnnc1-2. The van der Waals surface area contributed by atoms with Crippen LogP contribution in [0.1, 0.15) is 17.5 Å². The largest absolute Gasteiger partial charge is 0.489 e. The Morgan fingerprint density at radius 1 is 1.17 bits per heavy atom. The van der Waals surface area contributed by atoms with Crippen molar-refractivity contribution in [1.82, 2.24) is 14.8 Å². The van der Waals surface area contributed by atoms with Crippen LogP contribution in [-0.4, -0.2) is 14.8 Å². The van der Waals surface area contributed by atoms with Crippen molar-refractivity contribution in [3.05, 3.63) is 64.9 Å². The van der Waals surface area contributed by atoms with Crippen molar-refractivity contribution in [3.8, 4) is 17.1 Å². The van der Waals surface area contributed by atoms with Crippen LogP contribution in [0.2, 0.25) is 5.02 Å². The predicted molar refractivity (Wildman–Crippen MR) is 89.6 cm³/mol. The molecule has 1 aliphatic heterocycles. The van der Waals surface area contributed by atoms with Crippen molar-refractivity contribution >= 4 is 11.6 Å². The molecule has 2 heterocycles. The van der Waals surface area contributed by atoms with Gasteiger partial charge in [0.15, 0.2) is 5.82 Å². The molecule has 23 heavy (non-hydrogen) atoms. The second-order valence-corrected chi connectivity index (χ2v) is 6.06. The van der Waals surface area contributed by atoms with E-state index in [0.717, 1.165) is 47.1 Å². The quantitative estimate of drug-likeness (QED) is 0.727. The maximum absolute atomic E-state index is 6.17. The van der Waals surface area contributed by atoms with E-state index in [-0.39, 0.29) is 0 Å². The summed E-state index contributed by atoms with van der Waals surface area (Å²) in [4.78, 5) is 0. The number of aromatic nitrogens is 3. The van der Waals surface area contributed by atoms with Crippen molar-refractivity contribution < 1.29 is 4.74 Å². The van der Waals surface area contributed by atoms with Crippen LogP contribution in [0.5, 0.6) is 5.75 Å². The Hall–Kier alpha value is -2.33. The Labute approximate surface area is 139 Å². The molecule has 0 spiro atoms. The van der Waals surface area contributed by atoms with Gasteiger partial charge in [-0.15, -0.1) is 10.2 Å². The molecule has 4 nitrogen and oxygen atoms in total. The van der Waals surface area contributed by atoms with Crippen LogP contribution < -0.4 is 4.74 Å². The number of nitrogens with zero attached hydrogens (tertiary/aromatic N) is 3. The molecule has 0 unspecified atom stereocenters. The van der Waals surface area contributed by atoms with Gasteiger partial charge < -0.3 is 9.30 Å². The Balaban J connectivity index is 1.59. The average molecular weight is 326 g/mol. The van der Waals surface area contributed by atoms with E-state index in [1.807, 2.05) is 30.3 Å². The Kier molecular flexibility index (Phi) is 3.75. The molecule has 0 aliphatic carbocycles. The van der Waals surface area contributed by atoms with Crippen LogP contribution in [-0.2, 0) is 19.6 Å². The van der Waals surface area contributed by atoms with Crippen molar-refractivity contribution in [1.29, 1.82) is 0 Å². The molecule has 2 aromatic carbocycles. The molecule has 0 N–H and O–H groups in total. The van der Waals surface area contributed by atoms with E-state index in [2.05, 4.69) is 26.9 Å². The lowest BCUT2D eigenvalue weighted by Crippen LogP contribution is -1.98. The van der Waals surface area contributed by atoms with Crippen molar-refractivity contribution in [2.75, 3.05) is 0 Å². The molecular weight excluding hydrogens is 310 g/mol. The molecule has 4 rings (SSSR count). The van der Waals surface area contributed by atoms with Crippen LogP contribution >= 0.6 is 11.6 Å². The second-order valence-electron chi connectivity index (χ2n) is 5.65. The number of benzene rings is 2. The summed E-state index contributed by atoms with van der Waals surface area (Å²) in [5.74, 6) is 1.80. The van der Waals surface area contributed by atoms with Crippen LogP contribution in [0.4, 0.5) is 0 Å². The third-order valence-electron chi connectivity index (χ3n) is 4.13. The van der Waals surface area contributed by atoms with Gasteiger partial charge in [-0.2, -0.15) is 0 Å². The Morgan fingerprint density at radius 2 is 2.09 bits per heavy atom. The summed E-state index contributed by atoms with van der Waals surface area (Å²) >= 11 is 6.17. The monoisotopic (exact) mass is 325 g/mol. The van der Waals surface area contributed by atoms with E-state index in [0.29, 0.717) is 6.61 Å². The first kappa shape index (κ1) is 14.3. The summed E-state index contributed by atoms with van der Waals surface area (Å²) in [5, 5.41) is 9.00. The van der Waals surface area contributed by atoms with E-state index in [9.17, 15) is 0 Å². The summed E-state index contributed by atoms with van der Waals surface area (Å²) in [7, 11) is 0. The lowest BCUT2D eigenvalue weighted by atomic mass is 10.0. The van der Waals surface area contributed by atoms with Crippen molar-refractivity contribution in [3.63, 3.8) is 0 Å². The molecule has 116 valence electrons. The Morgan fingerprint density at radius 3 is 3.00 bits per heavy atom. The summed E-state index contributed by atoms with van der Waals surface area (Å²) in [6.45, 7) is 1.42. The van der Waals surface area contributed by atoms with Gasteiger partial charge in [0.25, 0.3) is 0 Å². The molecule has 1 aromatic heterocycles. The first-order valence-corrected chi connectivity index (χ1v) is 8.06. The third kappa shape index (κ3) is 2.82. The maximum Gasteiger partial charge on any atom is 0.164 e. The Bertz CT molecular complexity index is 844. The maximum atomic E-state index is 6.17. The summed E-state index contributed by atoms with van der Waals surface area (Å²) in [5.41, 5.74) is 3.39. The molecule has 0 amide bonds. The highest BCUT2D eigenvalue weighted by molar-refractivity contribution is 6.31. The van der Waals surface area contributed by atoms with E-state index in [1.165, 1.54) is 5.56 Å². The van der Waals surface area contributed by atoms with Gasteiger partial charge in [-0.25, -0.2) is 0 Å². The normalized spacial score (nSPS) is 13.1. The highest BCUT2D eigenvalue weighted by Crippen LogP contribution is 2.30. The van der Waals surface area contributed by atoms with Gasteiger partial charge >= 0.3 is 0 Å². The van der Waals surface area contributed by atoms with Gasteiger partial charge in [-0.1, -0.05) is 29.8 Å². The molecule has 0 fully saturated rings. The van der Waals surface area contributed by atoms with Gasteiger partial charge in [0.2, 0.25) is 0 Å². The van der Waals surface area contributed by atoms with E-state index < -0.39 is 0 Å². The fourth-order valence-corrected chi connectivity index (χ4v) is 3.12. The standard InChI is InChI=1S/C18H16ClN3O/c19-17-6-2-1-4-14(17)11-23-15-7-8-16-13(10-15)5-3-9-22-12-20-21-18(16)22/h1-2,4,6-8,10,12H,3,5,9,11H2. The molecule has 0 saturated carbocycles. The minimum atomic E-state index is 0.467. The minimum Gasteiger partial charge on any atom is -0.489 e. The first-order chi connectivity index (χ1) is 11.3. The zero-order valence-corrected chi connectivity index (χ0v) is 13.3. The third-order valence-corrected chi connectivity index (χ3v) is 4.50. The first-order valence-electron chi connectivity index (χ1n) is 7.68. The molecule has 0 atom stereocenters. The zero-order valence-electron chi connectivity index (χ0n) is 12.6. The highest BCUT2D eigenvalue weighted by atomic mass is 35.5. The van der Waals surface area contributed by atoms with Crippen LogP contribution in [0.3, 0.4) is 0 Å². The van der Waals surface area contributed by atoms with E-state index in [1.54, 1.807) is 6.33 Å². The molecule has 0 bridgehead atoms. The molecular formula is C18H16ClN3O. The molecule has 0 saturated heterocycles. The minimum absolute atomic E-state index is 0.467. The molecule has 5 heteroatoms. The lowest BCUT2D eigenvalue weighted by molar-refractivity contribution is 0.306. The summed E-state index contributed by atoms with van der Waals surface area (Å²) in [6, 6.07) is 13.9. The molecule has 3 aromatic rings. The van der Waals surface area contributed by atoms with Crippen LogP contribution in [0.25, 0.3) is 11.4 Å². The van der Waals surface area contributed by atoms with Gasteiger partial charge in [-0.05, 0) is 42.7 Å². The number of aryl methyl sites for hydroxylation is 2. The molecule has 0 radical (unpaired) electrons. The van der Waals surface area contributed by atoms with Crippen molar-refractivity contribution in [2.24, 2.45) is 0 Å². The van der Waals surface area contributed by atoms with E-state index in [4.69, 9.17) is 16.3 Å². The molecule has 1 aliphatic rings. The van der Waals surface area contributed by atoms with Gasteiger partial charge in [0.1, 0.15) is 18.7 Å². The van der Waals surface area contributed by atoms with Crippen molar-refractivity contribution in [2.45, 2.75) is 26.0 Å². The lowest BCUT2D eigenvalue weighted by Gasteiger charge is -2.11. The number of ether oxygens (including phenoxy) is 1. The second kappa shape index (κ2) is 6.05. The number of hydrogen-bond acceptors (Lipinski definition) is 3. The smallest absolute Gasteiger partial charge is 0.164 e.